The van der Waals surface area contributed by atoms with Crippen molar-refractivity contribution in [3.05, 3.63) is 18.1 Å². The van der Waals surface area contributed by atoms with Gasteiger partial charge in [-0.1, -0.05) is 20.8 Å². The first kappa shape index (κ1) is 17.4. The molecule has 0 fully saturated rings. The predicted molar refractivity (Wildman–Crippen MR) is 85.5 cm³/mol. The third-order valence-electron chi connectivity index (χ3n) is 3.23. The van der Waals surface area contributed by atoms with Gasteiger partial charge in [-0.3, -0.25) is 9.78 Å². The Kier molecular flexibility index (Phi) is 7.68. The van der Waals surface area contributed by atoms with Crippen molar-refractivity contribution in [1.82, 2.24) is 20.2 Å². The number of nitrogens with zero attached hydrogens (tertiary/aromatic N) is 3. The molecule has 0 aliphatic carbocycles. The third kappa shape index (κ3) is 6.08. The number of carbonyl (C=O) groups is 1. The maximum atomic E-state index is 12.2. The van der Waals surface area contributed by atoms with E-state index in [0.29, 0.717) is 11.5 Å². The van der Waals surface area contributed by atoms with E-state index in [0.717, 1.165) is 32.6 Å². The van der Waals surface area contributed by atoms with Gasteiger partial charge in [0.25, 0.3) is 5.91 Å². The van der Waals surface area contributed by atoms with Gasteiger partial charge in [0.1, 0.15) is 11.5 Å². The van der Waals surface area contributed by atoms with Crippen LogP contribution in [0.25, 0.3) is 0 Å². The SMILES string of the molecule is CCCNc1cncc(C(=O)NC(C)CN(CC)CC)n1. The highest BCUT2D eigenvalue weighted by Gasteiger charge is 2.13. The van der Waals surface area contributed by atoms with E-state index in [4.69, 9.17) is 0 Å². The molecule has 1 rings (SSSR count). The lowest BCUT2D eigenvalue weighted by Gasteiger charge is -2.23. The molecule has 0 aromatic carbocycles. The molecule has 0 spiro atoms. The molecular formula is C15H27N5O. The number of hydrogen-bond acceptors (Lipinski definition) is 5. The van der Waals surface area contributed by atoms with Crippen LogP contribution in [0.4, 0.5) is 5.82 Å². The largest absolute Gasteiger partial charge is 0.369 e. The number of likely N-dealkylation sites (N-methyl/N-ethyl adjacent to an activating group) is 1. The van der Waals surface area contributed by atoms with Gasteiger partial charge >= 0.3 is 0 Å². The molecule has 1 heterocycles. The van der Waals surface area contributed by atoms with E-state index in [9.17, 15) is 4.79 Å². The summed E-state index contributed by atoms with van der Waals surface area (Å²) >= 11 is 0. The zero-order chi connectivity index (χ0) is 15.7. The van der Waals surface area contributed by atoms with Gasteiger partial charge in [-0.05, 0) is 26.4 Å². The summed E-state index contributed by atoms with van der Waals surface area (Å²) in [4.78, 5) is 22.8. The molecule has 2 N–H and O–H groups in total. The minimum absolute atomic E-state index is 0.0754. The summed E-state index contributed by atoms with van der Waals surface area (Å²) in [5.74, 6) is 0.461. The number of anilines is 1. The Morgan fingerprint density at radius 3 is 2.62 bits per heavy atom. The van der Waals surface area contributed by atoms with Gasteiger partial charge < -0.3 is 15.5 Å². The fraction of sp³-hybridized carbons (Fsp3) is 0.667. The van der Waals surface area contributed by atoms with Crippen LogP contribution in [0.3, 0.4) is 0 Å². The molecule has 0 saturated carbocycles. The molecular weight excluding hydrogens is 266 g/mol. The Hall–Kier alpha value is -1.69. The van der Waals surface area contributed by atoms with E-state index in [1.54, 1.807) is 6.20 Å². The average molecular weight is 293 g/mol. The second-order valence-electron chi connectivity index (χ2n) is 5.08. The molecule has 0 radical (unpaired) electrons. The van der Waals surface area contributed by atoms with Crippen LogP contribution in [0.15, 0.2) is 12.4 Å². The topological polar surface area (TPSA) is 70.2 Å². The minimum Gasteiger partial charge on any atom is -0.369 e. The molecule has 118 valence electrons. The van der Waals surface area contributed by atoms with Crippen LogP contribution >= 0.6 is 0 Å². The van der Waals surface area contributed by atoms with E-state index >= 15 is 0 Å². The van der Waals surface area contributed by atoms with Gasteiger partial charge in [-0.25, -0.2) is 4.98 Å². The number of carbonyl (C=O) groups excluding carboxylic acids is 1. The minimum atomic E-state index is -0.178. The zero-order valence-electron chi connectivity index (χ0n) is 13.5. The van der Waals surface area contributed by atoms with Crippen molar-refractivity contribution in [2.45, 2.75) is 40.2 Å². The summed E-state index contributed by atoms with van der Waals surface area (Å²) in [6.07, 6.45) is 4.13. The van der Waals surface area contributed by atoms with Crippen molar-refractivity contribution in [3.63, 3.8) is 0 Å². The van der Waals surface area contributed by atoms with Crippen LogP contribution in [0.1, 0.15) is 44.6 Å². The monoisotopic (exact) mass is 293 g/mol. The van der Waals surface area contributed by atoms with Crippen LogP contribution < -0.4 is 10.6 Å². The number of amides is 1. The number of nitrogens with one attached hydrogen (secondary N) is 2. The first-order chi connectivity index (χ1) is 10.1. The van der Waals surface area contributed by atoms with E-state index in [2.05, 4.69) is 46.3 Å². The van der Waals surface area contributed by atoms with E-state index in [-0.39, 0.29) is 11.9 Å². The van der Waals surface area contributed by atoms with Crippen molar-refractivity contribution in [1.29, 1.82) is 0 Å². The maximum absolute atomic E-state index is 12.2. The van der Waals surface area contributed by atoms with Crippen molar-refractivity contribution in [2.24, 2.45) is 0 Å². The van der Waals surface area contributed by atoms with Gasteiger partial charge in [0.05, 0.1) is 12.4 Å². The normalized spacial score (nSPS) is 12.2. The Balaban J connectivity index is 2.58. The molecule has 1 aromatic rings. The molecule has 0 bridgehead atoms. The molecule has 0 saturated heterocycles. The summed E-state index contributed by atoms with van der Waals surface area (Å²) in [5.41, 5.74) is 0.350. The van der Waals surface area contributed by atoms with Crippen molar-refractivity contribution < 1.29 is 4.79 Å². The van der Waals surface area contributed by atoms with Gasteiger partial charge in [0, 0.05) is 19.1 Å². The molecule has 0 aliphatic heterocycles. The molecule has 6 nitrogen and oxygen atoms in total. The van der Waals surface area contributed by atoms with E-state index in [1.807, 2.05) is 6.92 Å². The Morgan fingerprint density at radius 2 is 2.00 bits per heavy atom. The van der Waals surface area contributed by atoms with E-state index < -0.39 is 0 Å². The molecule has 1 amide bonds. The van der Waals surface area contributed by atoms with Crippen LogP contribution in [0, 0.1) is 0 Å². The van der Waals surface area contributed by atoms with Gasteiger partial charge in [0.15, 0.2) is 0 Å². The van der Waals surface area contributed by atoms with Gasteiger partial charge in [-0.15, -0.1) is 0 Å². The molecule has 1 atom stereocenters. The highest BCUT2D eigenvalue weighted by molar-refractivity contribution is 5.92. The first-order valence-corrected chi connectivity index (χ1v) is 7.69. The highest BCUT2D eigenvalue weighted by Crippen LogP contribution is 2.03. The predicted octanol–water partition coefficient (Wildman–Crippen LogP) is 1.76. The lowest BCUT2D eigenvalue weighted by molar-refractivity contribution is 0.0925. The Labute approximate surface area is 127 Å². The van der Waals surface area contributed by atoms with Crippen molar-refractivity contribution >= 4 is 11.7 Å². The van der Waals surface area contributed by atoms with Crippen molar-refractivity contribution in [2.75, 3.05) is 31.5 Å². The van der Waals surface area contributed by atoms with E-state index in [1.165, 1.54) is 6.20 Å². The summed E-state index contributed by atoms with van der Waals surface area (Å²) in [6, 6.07) is 0.0754. The van der Waals surface area contributed by atoms with Crippen LogP contribution in [-0.2, 0) is 0 Å². The summed E-state index contributed by atoms with van der Waals surface area (Å²) in [6.45, 7) is 11.9. The van der Waals surface area contributed by atoms with Crippen LogP contribution in [-0.4, -0.2) is 53.0 Å². The quantitative estimate of drug-likeness (QED) is 0.726. The standard InChI is InChI=1S/C15H27N5O/c1-5-8-17-14-10-16-9-13(19-14)15(21)18-12(4)11-20(6-2)7-3/h9-10,12H,5-8,11H2,1-4H3,(H,17,19)(H,18,21). The summed E-state index contributed by atoms with van der Waals surface area (Å²) in [5, 5.41) is 6.10. The fourth-order valence-corrected chi connectivity index (χ4v) is 2.03. The summed E-state index contributed by atoms with van der Waals surface area (Å²) < 4.78 is 0. The fourth-order valence-electron chi connectivity index (χ4n) is 2.03. The Morgan fingerprint density at radius 1 is 1.29 bits per heavy atom. The molecule has 0 aliphatic rings. The lowest BCUT2D eigenvalue weighted by Crippen LogP contribution is -2.42. The maximum Gasteiger partial charge on any atom is 0.271 e. The number of rotatable bonds is 9. The number of hydrogen-bond donors (Lipinski definition) is 2. The lowest BCUT2D eigenvalue weighted by atomic mass is 10.3. The molecule has 1 unspecified atom stereocenters. The smallest absolute Gasteiger partial charge is 0.271 e. The second kappa shape index (κ2) is 9.28. The van der Waals surface area contributed by atoms with Crippen molar-refractivity contribution in [3.8, 4) is 0 Å². The van der Waals surface area contributed by atoms with Crippen LogP contribution in [0.5, 0.6) is 0 Å². The molecule has 6 heteroatoms. The average Bonchev–Trinajstić information content (AvgIpc) is 2.50. The van der Waals surface area contributed by atoms with Crippen LogP contribution in [0.2, 0.25) is 0 Å². The zero-order valence-corrected chi connectivity index (χ0v) is 13.5. The van der Waals surface area contributed by atoms with Gasteiger partial charge in [-0.2, -0.15) is 0 Å². The first-order valence-electron chi connectivity index (χ1n) is 7.69. The van der Waals surface area contributed by atoms with Gasteiger partial charge in [0.2, 0.25) is 0 Å². The summed E-state index contributed by atoms with van der Waals surface area (Å²) in [7, 11) is 0. The third-order valence-corrected chi connectivity index (χ3v) is 3.23. The molecule has 21 heavy (non-hydrogen) atoms. The number of aromatic nitrogens is 2. The Bertz CT molecular complexity index is 434. The highest BCUT2D eigenvalue weighted by atomic mass is 16.1. The molecule has 1 aromatic heterocycles. The second-order valence-corrected chi connectivity index (χ2v) is 5.08.